The summed E-state index contributed by atoms with van der Waals surface area (Å²) in [7, 11) is 0. The molecule has 0 saturated carbocycles. The second kappa shape index (κ2) is 4.15. The molecule has 0 aliphatic rings. The first-order valence-corrected chi connectivity index (χ1v) is 9.13. The van der Waals surface area contributed by atoms with Crippen molar-refractivity contribution in [3.05, 3.63) is 23.0 Å². The molecule has 0 aromatic rings. The zero-order valence-electron chi connectivity index (χ0n) is 8.22. The Balaban J connectivity index is 4.74. The van der Waals surface area contributed by atoms with Gasteiger partial charge in [0.2, 0.25) is 0 Å². The molecule has 0 amide bonds. The molecule has 1 heteroatoms. The Labute approximate surface area is 73.7 Å². The van der Waals surface area contributed by atoms with Gasteiger partial charge in [0, 0.05) is 0 Å². The molecule has 0 aromatic heterocycles. The maximum atomic E-state index is 3.96. The Morgan fingerprint density at radius 2 is 1.18 bits per heavy atom. The van der Waals surface area contributed by atoms with E-state index < -0.39 is 13.3 Å². The van der Waals surface area contributed by atoms with E-state index in [0.717, 1.165) is 9.50 Å². The first kappa shape index (κ1) is 11.0. The summed E-state index contributed by atoms with van der Waals surface area (Å²) in [4.78, 5) is 4.42. The molecule has 0 aromatic carbocycles. The summed E-state index contributed by atoms with van der Waals surface area (Å²) in [6, 6.07) is 0. The molecule has 0 aliphatic carbocycles. The molecule has 0 nitrogen and oxygen atoms in total. The van der Waals surface area contributed by atoms with Gasteiger partial charge in [-0.15, -0.1) is 0 Å². The van der Waals surface area contributed by atoms with Gasteiger partial charge in [0.25, 0.3) is 0 Å². The molecule has 0 saturated heterocycles. The Bertz CT molecular complexity index is 127. The number of hydrogen-bond acceptors (Lipinski definition) is 0. The summed E-state index contributed by atoms with van der Waals surface area (Å²) in [6.45, 7) is 17.1. The predicted octanol–water partition coefficient (Wildman–Crippen LogP) is 3.71. The number of hydrogen-bond donors (Lipinski definition) is 0. The monoisotopic (exact) mass is 214 g/mol. The van der Waals surface area contributed by atoms with Crippen LogP contribution < -0.4 is 0 Å². The van der Waals surface area contributed by atoms with E-state index in [1.807, 2.05) is 0 Å². The zero-order chi connectivity index (χ0) is 9.07. The van der Waals surface area contributed by atoms with Gasteiger partial charge < -0.3 is 0 Å². The van der Waals surface area contributed by atoms with Crippen LogP contribution in [0.5, 0.6) is 0 Å². The Kier molecular flexibility index (Phi) is 4.16. The first-order valence-electron chi connectivity index (χ1n) is 4.28. The Morgan fingerprint density at radius 1 is 0.909 bits per heavy atom. The van der Waals surface area contributed by atoms with Crippen molar-refractivity contribution in [1.82, 2.24) is 0 Å². The van der Waals surface area contributed by atoms with Crippen LogP contribution >= 0.6 is 0 Å². The minimum absolute atomic E-state index is 0.769. The molecule has 0 aliphatic heterocycles. The zero-order valence-corrected chi connectivity index (χ0v) is 10.3. The van der Waals surface area contributed by atoms with Crippen LogP contribution in [0.3, 0.4) is 0 Å². The average molecular weight is 213 g/mol. The topological polar surface area (TPSA) is 0 Å². The summed E-state index contributed by atoms with van der Waals surface area (Å²) in [5.74, 6) is 0. The predicted molar refractivity (Wildman–Crippen MR) is 56.3 cm³/mol. The van der Waals surface area contributed by atoms with Crippen LogP contribution in [0.2, 0.25) is 9.50 Å². The van der Waals surface area contributed by atoms with Crippen molar-refractivity contribution >= 4 is 13.3 Å². The van der Waals surface area contributed by atoms with Crippen LogP contribution in [-0.4, -0.2) is 13.3 Å². The van der Waals surface area contributed by atoms with Gasteiger partial charge in [0.1, 0.15) is 0 Å². The molecule has 0 radical (unpaired) electrons. The molecule has 0 N–H and O–H groups in total. The molecule has 0 rings (SSSR count). The van der Waals surface area contributed by atoms with E-state index in [2.05, 4.69) is 50.7 Å². The third-order valence-corrected chi connectivity index (χ3v) is 14.1. The van der Waals surface area contributed by atoms with Crippen molar-refractivity contribution in [3.63, 3.8) is 0 Å². The van der Waals surface area contributed by atoms with E-state index in [4.69, 9.17) is 0 Å². The quantitative estimate of drug-likeness (QED) is 0.624. The van der Waals surface area contributed by atoms with Gasteiger partial charge in [-0.25, -0.2) is 0 Å². The van der Waals surface area contributed by atoms with Crippen molar-refractivity contribution < 1.29 is 0 Å². The van der Waals surface area contributed by atoms with Gasteiger partial charge in [-0.3, -0.25) is 0 Å². The average Bonchev–Trinajstić information content (AvgIpc) is 1.90. The van der Waals surface area contributed by atoms with Crippen molar-refractivity contribution in [2.45, 2.75) is 37.2 Å². The second-order valence-electron chi connectivity index (χ2n) is 3.72. The minimum atomic E-state index is -1.89. The first-order chi connectivity index (χ1) is 5.01. The fraction of sp³-hybridized carbons (Fsp3) is 0.600. The van der Waals surface area contributed by atoms with Crippen LogP contribution in [-0.2, 0) is 0 Å². The molecular formula is C10H20Ge. The second-order valence-corrected chi connectivity index (χ2v) is 14.5. The van der Waals surface area contributed by atoms with E-state index in [1.54, 1.807) is 0 Å². The summed E-state index contributed by atoms with van der Waals surface area (Å²) in [6.07, 6.45) is 0. The SMILES string of the molecule is C=[CH][Ge]([CH]=C)([CH](C)C)[CH](C)C. The van der Waals surface area contributed by atoms with Crippen LogP contribution in [0.4, 0.5) is 0 Å². The van der Waals surface area contributed by atoms with E-state index in [-0.39, 0.29) is 0 Å². The van der Waals surface area contributed by atoms with E-state index in [0.29, 0.717) is 0 Å². The molecule has 0 fully saturated rings. The fourth-order valence-corrected chi connectivity index (χ4v) is 8.80. The van der Waals surface area contributed by atoms with Crippen molar-refractivity contribution in [1.29, 1.82) is 0 Å². The normalized spacial score (nSPS) is 12.2. The summed E-state index contributed by atoms with van der Waals surface area (Å²) in [5, 5.41) is 0. The van der Waals surface area contributed by atoms with Gasteiger partial charge in [-0.1, -0.05) is 0 Å². The number of rotatable bonds is 4. The summed E-state index contributed by atoms with van der Waals surface area (Å²) < 4.78 is 1.54. The molecule has 0 heterocycles. The standard InChI is InChI=1S/C10H20Ge/c1-7-11(8-2,9(3)4)10(5)6/h7-10H,1-2H2,3-6H3. The van der Waals surface area contributed by atoms with Crippen LogP contribution in [0.25, 0.3) is 0 Å². The van der Waals surface area contributed by atoms with E-state index in [1.165, 1.54) is 0 Å². The van der Waals surface area contributed by atoms with E-state index in [9.17, 15) is 0 Å². The molecular weight excluding hydrogens is 193 g/mol. The maximum absolute atomic E-state index is 3.96. The summed E-state index contributed by atoms with van der Waals surface area (Å²) in [5.41, 5.74) is 0. The third-order valence-electron chi connectivity index (χ3n) is 2.71. The third kappa shape index (κ3) is 1.99. The molecule has 0 spiro atoms. The Hall–Kier alpha value is 0.0229. The molecule has 11 heavy (non-hydrogen) atoms. The van der Waals surface area contributed by atoms with Crippen molar-refractivity contribution in [2.75, 3.05) is 0 Å². The van der Waals surface area contributed by atoms with Crippen molar-refractivity contribution in [3.8, 4) is 0 Å². The van der Waals surface area contributed by atoms with Gasteiger partial charge in [0.15, 0.2) is 0 Å². The molecule has 64 valence electrons. The molecule has 0 bridgehead atoms. The van der Waals surface area contributed by atoms with E-state index >= 15 is 0 Å². The van der Waals surface area contributed by atoms with Crippen LogP contribution in [0, 0.1) is 0 Å². The van der Waals surface area contributed by atoms with Gasteiger partial charge in [0.05, 0.1) is 0 Å². The molecule has 0 unspecified atom stereocenters. The van der Waals surface area contributed by atoms with Crippen LogP contribution in [0.1, 0.15) is 27.7 Å². The van der Waals surface area contributed by atoms with Crippen LogP contribution in [0.15, 0.2) is 23.0 Å². The van der Waals surface area contributed by atoms with Gasteiger partial charge in [-0.2, -0.15) is 0 Å². The fourth-order valence-electron chi connectivity index (χ4n) is 1.69. The molecule has 0 atom stereocenters. The van der Waals surface area contributed by atoms with Crippen molar-refractivity contribution in [2.24, 2.45) is 0 Å². The summed E-state index contributed by atoms with van der Waals surface area (Å²) >= 11 is -1.89. The van der Waals surface area contributed by atoms with Gasteiger partial charge in [-0.05, 0) is 0 Å². The van der Waals surface area contributed by atoms with Gasteiger partial charge >= 0.3 is 73.4 Å². The Morgan fingerprint density at radius 3 is 1.18 bits per heavy atom.